The van der Waals surface area contributed by atoms with Crippen molar-refractivity contribution in [1.82, 2.24) is 19.4 Å². The van der Waals surface area contributed by atoms with Crippen LogP contribution < -0.4 is 5.56 Å². The van der Waals surface area contributed by atoms with E-state index in [9.17, 15) is 27.8 Å². The number of carbonyl (C=O) groups is 1. The van der Waals surface area contributed by atoms with E-state index >= 15 is 4.79 Å². The van der Waals surface area contributed by atoms with E-state index in [0.29, 0.717) is 18.4 Å². The second kappa shape index (κ2) is 15.5. The first-order valence-corrected chi connectivity index (χ1v) is 15.0. The molecule has 0 spiro atoms. The quantitative estimate of drug-likeness (QED) is 0.0825. The van der Waals surface area contributed by atoms with Crippen LogP contribution >= 0.6 is 11.8 Å². The molecule has 0 radical (unpaired) electrons. The van der Waals surface area contributed by atoms with Crippen LogP contribution in [0.5, 0.6) is 0 Å². The number of aromatic nitrogens is 2. The van der Waals surface area contributed by atoms with E-state index < -0.39 is 114 Å². The summed E-state index contributed by atoms with van der Waals surface area (Å²) in [4.78, 5) is 31.8. The molecule has 1 aromatic heterocycles. The van der Waals surface area contributed by atoms with Crippen molar-refractivity contribution < 1.29 is 45.7 Å². The van der Waals surface area contributed by atoms with Crippen LogP contribution in [-0.4, -0.2) is 51.2 Å². The van der Waals surface area contributed by atoms with E-state index in [4.69, 9.17) is 17.8 Å². The van der Waals surface area contributed by atoms with Crippen molar-refractivity contribution in [2.45, 2.75) is 63.6 Å². The smallest absolute Gasteiger partial charge is 0.336 e. The first-order chi connectivity index (χ1) is 29.2. The number of likely N-dealkylation sites (N-methyl/N-ethyl adjacent to an activating group) is 1. The Balaban J connectivity index is 1.78. The van der Waals surface area contributed by atoms with Crippen LogP contribution in [0.4, 0.5) is 17.6 Å². The van der Waals surface area contributed by atoms with Gasteiger partial charge >= 0.3 is 6.18 Å². The predicted octanol–water partition coefficient (Wildman–Crippen LogP) is 7.47. The molecule has 1 aliphatic rings. The lowest BCUT2D eigenvalue weighted by Crippen LogP contribution is -2.40. The minimum absolute atomic E-state index is 0.00685. The molecule has 1 atom stereocenters. The number of benzene rings is 3. The molecule has 0 bridgehead atoms. The Morgan fingerprint density at radius 1 is 0.979 bits per heavy atom. The maximum Gasteiger partial charge on any atom is 0.416 e. The molecule has 1 unspecified atom stereocenters. The summed E-state index contributed by atoms with van der Waals surface area (Å²) in [6.45, 7) is -17.6. The number of thioether (sulfide) groups is 1. The normalized spacial score (nSPS) is 25.0. The number of rotatable bonds is 13. The van der Waals surface area contributed by atoms with Crippen LogP contribution in [0.2, 0.25) is 0 Å². The molecule has 0 aliphatic heterocycles. The van der Waals surface area contributed by atoms with Crippen LogP contribution in [0, 0.1) is 11.7 Å². The lowest BCUT2D eigenvalue weighted by atomic mass is 10.0. The molecule has 5 rings (SSSR count). The lowest BCUT2D eigenvalue weighted by molar-refractivity contribution is -0.137. The van der Waals surface area contributed by atoms with Gasteiger partial charge in [0.2, 0.25) is 5.91 Å². The molecule has 254 valence electrons. The van der Waals surface area contributed by atoms with E-state index in [-0.39, 0.29) is 38.3 Å². The van der Waals surface area contributed by atoms with Crippen molar-refractivity contribution >= 4 is 17.7 Å². The zero-order valence-corrected chi connectivity index (χ0v) is 26.5. The summed E-state index contributed by atoms with van der Waals surface area (Å²) in [6.07, 6.45) is -11.2. The highest BCUT2D eigenvalue weighted by atomic mass is 32.2. The molecule has 11 heteroatoms. The van der Waals surface area contributed by atoms with Crippen LogP contribution in [0.3, 0.4) is 0 Å². The van der Waals surface area contributed by atoms with Crippen LogP contribution in [0.1, 0.15) is 72.0 Å². The first-order valence-electron chi connectivity index (χ1n) is 22.7. The number of alkyl halides is 3. The van der Waals surface area contributed by atoms with Crippen molar-refractivity contribution in [3.05, 3.63) is 117 Å². The van der Waals surface area contributed by atoms with Crippen molar-refractivity contribution in [3.63, 3.8) is 0 Å². The van der Waals surface area contributed by atoms with Gasteiger partial charge in [-0.3, -0.25) is 9.59 Å². The van der Waals surface area contributed by atoms with Crippen molar-refractivity contribution in [2.75, 3.05) is 26.0 Å². The zero-order valence-electron chi connectivity index (χ0n) is 42.7. The summed E-state index contributed by atoms with van der Waals surface area (Å²) < 4.78 is 204. The van der Waals surface area contributed by atoms with Crippen molar-refractivity contribution in [3.8, 4) is 11.1 Å². The third kappa shape index (κ3) is 8.73. The molecule has 1 heterocycles. The molecule has 4 aromatic rings. The second-order valence-electron chi connectivity index (χ2n) is 10.1. The van der Waals surface area contributed by atoms with Gasteiger partial charge in [0.05, 0.1) is 11.0 Å². The highest BCUT2D eigenvalue weighted by Gasteiger charge is 2.30. The van der Waals surface area contributed by atoms with E-state index in [1.807, 2.05) is 0 Å². The molecule has 1 aliphatic carbocycles. The average Bonchev–Trinajstić information content (AvgIpc) is 3.24. The SMILES string of the molecule is [2H]C([2H])(Sc1nc(=O)c2c(n1CC(=O)N(C([2H])([2H])c1ccc(-c3ccc(C(F)(F)F)cc3)cc1)C([2H])([2H])C([2H])([2H])N(C([2H])([2H])C)C([2H])([2H])C)C([2H])([2H])C([2H])(C)C2([2H])[2H])c1ccc(F)cc1. The van der Waals surface area contributed by atoms with E-state index in [1.54, 1.807) is 0 Å². The van der Waals surface area contributed by atoms with Gasteiger partial charge in [0.15, 0.2) is 5.16 Å². The summed E-state index contributed by atoms with van der Waals surface area (Å²) in [5.74, 6) is -5.57. The Morgan fingerprint density at radius 3 is 2.19 bits per heavy atom. The Labute approximate surface area is 306 Å². The Bertz CT molecular complexity index is 2500. The summed E-state index contributed by atoms with van der Waals surface area (Å²) in [5, 5.41) is -0.921. The first kappa shape index (κ1) is 19.3. The molecule has 0 saturated heterocycles. The van der Waals surface area contributed by atoms with Gasteiger partial charge in [-0.05, 0) is 78.2 Å². The third-order valence-corrected chi connectivity index (χ3v) is 7.64. The Morgan fingerprint density at radius 2 is 1.58 bits per heavy atom. The molecule has 1 amide bonds. The number of nitrogens with zero attached hydrogens (tertiary/aromatic N) is 4. The van der Waals surface area contributed by atoms with Gasteiger partial charge in [0.25, 0.3) is 5.56 Å². The fourth-order valence-electron chi connectivity index (χ4n) is 4.42. The highest BCUT2D eigenvalue weighted by Crippen LogP contribution is 2.32. The van der Waals surface area contributed by atoms with E-state index in [0.717, 1.165) is 67.6 Å². The number of hydrogen-bond acceptors (Lipinski definition) is 5. The molecular formula is C37H40F4N4O2S. The van der Waals surface area contributed by atoms with Gasteiger partial charge in [-0.2, -0.15) is 18.2 Å². The lowest BCUT2D eigenvalue weighted by Gasteiger charge is -2.28. The van der Waals surface area contributed by atoms with Gasteiger partial charge in [0, 0.05) is 54.3 Å². The van der Waals surface area contributed by atoms with Gasteiger partial charge < -0.3 is 14.4 Å². The molecule has 3 aromatic carbocycles. The number of fused-ring (bicyclic) bond motifs is 1. The third-order valence-electron chi connectivity index (χ3n) is 6.81. The summed E-state index contributed by atoms with van der Waals surface area (Å²) in [5.41, 5.74) is -7.97. The summed E-state index contributed by atoms with van der Waals surface area (Å²) in [6, 6.07) is 11.8. The number of hydrogen-bond donors (Lipinski definition) is 0. The molecule has 0 saturated carbocycles. The van der Waals surface area contributed by atoms with Crippen molar-refractivity contribution in [2.24, 2.45) is 5.89 Å². The van der Waals surface area contributed by atoms with Gasteiger partial charge in [-0.15, -0.1) is 0 Å². The summed E-state index contributed by atoms with van der Waals surface area (Å²) >= 11 is 0.00685. The van der Waals surface area contributed by atoms with Gasteiger partial charge in [0.1, 0.15) is 12.4 Å². The standard InChI is InChI=1S/C37H40F4N4O2S/c1-4-43(5-2)18-19-44(22-26-6-10-28(11-7-26)29-12-14-30(15-13-29)37(39,40)41)34(46)23-45-33-21-25(3)20-32(33)35(47)42-36(45)48-24-27-8-16-31(38)17-9-27/h6-17,25H,4-5,18-24H2,1-3H3/i4D2,5D2,18D2,19D2,20D2,21D2,22D2,24D2,25D. The van der Waals surface area contributed by atoms with E-state index in [2.05, 4.69) is 4.98 Å². The maximum absolute atomic E-state index is 15.0. The fraction of sp³-hybridized carbons (Fsp3) is 0.378. The largest absolute Gasteiger partial charge is 0.416 e. The van der Waals surface area contributed by atoms with Crippen LogP contribution in [-0.2, 0) is 42.5 Å². The average molecular weight is 698 g/mol. The zero-order chi connectivity index (χ0) is 49.7. The fourth-order valence-corrected chi connectivity index (χ4v) is 5.16. The van der Waals surface area contributed by atoms with Gasteiger partial charge in [-0.25, -0.2) is 4.39 Å². The maximum atomic E-state index is 15.0. The van der Waals surface area contributed by atoms with Crippen LogP contribution in [0.25, 0.3) is 11.1 Å². The number of halogens is 4. The molecular weight excluding hydrogens is 640 g/mol. The number of carbonyl (C=O) groups excluding carboxylic acids is 1. The minimum Gasteiger partial charge on any atom is -0.336 e. The molecule has 6 nitrogen and oxygen atoms in total. The molecule has 0 N–H and O–H groups in total. The minimum atomic E-state index is -4.67. The van der Waals surface area contributed by atoms with Crippen LogP contribution in [0.15, 0.2) is 82.7 Å². The Kier molecular flexibility index (Phi) is 6.23. The predicted molar refractivity (Wildman–Crippen MR) is 181 cm³/mol. The monoisotopic (exact) mass is 697 g/mol. The molecule has 0 fully saturated rings. The molecule has 48 heavy (non-hydrogen) atoms. The van der Waals surface area contributed by atoms with Gasteiger partial charge in [-0.1, -0.05) is 81.1 Å². The van der Waals surface area contributed by atoms with Crippen molar-refractivity contribution in [1.29, 1.82) is 0 Å². The van der Waals surface area contributed by atoms with E-state index in [1.165, 1.54) is 12.1 Å². The topological polar surface area (TPSA) is 58.4 Å². The summed E-state index contributed by atoms with van der Waals surface area (Å²) in [7, 11) is 0. The highest BCUT2D eigenvalue weighted by molar-refractivity contribution is 7.98. The Hall–Kier alpha value is -3.96. The number of amides is 1. The second-order valence-corrected chi connectivity index (χ2v) is 10.9.